The third-order valence-corrected chi connectivity index (χ3v) is 6.87. The van der Waals surface area contributed by atoms with Crippen molar-refractivity contribution < 1.29 is 13.7 Å². The van der Waals surface area contributed by atoms with Gasteiger partial charge in [-0.05, 0) is 48.9 Å². The Bertz CT molecular complexity index is 1340. The van der Waals surface area contributed by atoms with Crippen LogP contribution in [0.25, 0.3) is 11.4 Å². The Labute approximate surface area is 199 Å². The molecule has 1 aromatic heterocycles. The second-order valence-corrected chi connectivity index (χ2v) is 9.12. The molecule has 5 nitrogen and oxygen atoms in total. The number of hydrogen-bond donors (Lipinski definition) is 0. The Morgan fingerprint density at radius 3 is 2.76 bits per heavy atom. The van der Waals surface area contributed by atoms with Crippen molar-refractivity contribution in [2.75, 3.05) is 11.4 Å². The third kappa shape index (κ3) is 4.14. The van der Waals surface area contributed by atoms with Gasteiger partial charge in [0.1, 0.15) is 5.82 Å². The lowest BCUT2D eigenvalue weighted by Gasteiger charge is -2.22. The summed E-state index contributed by atoms with van der Waals surface area (Å²) in [5.74, 6) is 0.248. The molecule has 2 heterocycles. The van der Waals surface area contributed by atoms with Crippen molar-refractivity contribution in [2.24, 2.45) is 0 Å². The molecule has 166 valence electrons. The van der Waals surface area contributed by atoms with Gasteiger partial charge in [0.2, 0.25) is 11.7 Å². The fourth-order valence-corrected chi connectivity index (χ4v) is 5.15. The number of nitrogens with zero attached hydrogens (tertiary/aromatic N) is 3. The summed E-state index contributed by atoms with van der Waals surface area (Å²) < 4.78 is 19.5. The van der Waals surface area contributed by atoms with Crippen molar-refractivity contribution >= 4 is 35.0 Å². The number of aromatic nitrogens is 2. The van der Waals surface area contributed by atoms with Gasteiger partial charge in [0, 0.05) is 32.5 Å². The van der Waals surface area contributed by atoms with Crippen LogP contribution in [-0.2, 0) is 6.42 Å². The molecular formula is C25H19ClFN3O2S. The first-order valence-corrected chi connectivity index (χ1v) is 11.7. The number of benzene rings is 3. The lowest BCUT2D eigenvalue weighted by molar-refractivity contribution is 0.0984. The highest BCUT2D eigenvalue weighted by molar-refractivity contribution is 7.99. The van der Waals surface area contributed by atoms with Crippen molar-refractivity contribution in [2.45, 2.75) is 29.6 Å². The van der Waals surface area contributed by atoms with Crippen molar-refractivity contribution in [3.63, 3.8) is 0 Å². The van der Waals surface area contributed by atoms with Crippen LogP contribution in [0.1, 0.15) is 35.2 Å². The number of rotatable bonds is 5. The van der Waals surface area contributed by atoms with E-state index in [1.54, 1.807) is 23.9 Å². The summed E-state index contributed by atoms with van der Waals surface area (Å²) in [4.78, 5) is 21.3. The predicted octanol–water partition coefficient (Wildman–Crippen LogP) is 6.64. The number of halogens is 2. The molecule has 0 N–H and O–H groups in total. The van der Waals surface area contributed by atoms with E-state index in [2.05, 4.69) is 10.1 Å². The first kappa shape index (κ1) is 21.7. The summed E-state index contributed by atoms with van der Waals surface area (Å²) in [5, 5.41) is 4.40. The Kier molecular flexibility index (Phi) is 5.91. The van der Waals surface area contributed by atoms with Crippen LogP contribution in [0.15, 0.2) is 75.0 Å². The van der Waals surface area contributed by atoms with Crippen LogP contribution >= 0.6 is 23.4 Å². The highest BCUT2D eigenvalue weighted by atomic mass is 35.5. The molecule has 0 spiro atoms. The van der Waals surface area contributed by atoms with E-state index in [9.17, 15) is 9.18 Å². The molecule has 0 saturated carbocycles. The van der Waals surface area contributed by atoms with E-state index in [4.69, 9.17) is 16.1 Å². The average molecular weight is 480 g/mol. The number of amides is 1. The van der Waals surface area contributed by atoms with Gasteiger partial charge in [-0.3, -0.25) is 4.79 Å². The van der Waals surface area contributed by atoms with E-state index < -0.39 is 5.82 Å². The molecule has 1 amide bonds. The van der Waals surface area contributed by atoms with E-state index in [0.717, 1.165) is 27.5 Å². The standard InChI is InChI=1S/C25H19ClFN3O2S/c1-2-12-30-20-11-10-15(13-22(20)33-21-9-4-3-6-16(21)25(30)31)24-28-23(32-29-24)14-17-18(26)7-5-8-19(17)27/h3-11,13H,2,12,14H2,1H3. The van der Waals surface area contributed by atoms with Crippen LogP contribution in [0.3, 0.4) is 0 Å². The summed E-state index contributed by atoms with van der Waals surface area (Å²) in [5.41, 5.74) is 2.61. The number of anilines is 1. The first-order chi connectivity index (χ1) is 16.0. The molecule has 0 aliphatic carbocycles. The van der Waals surface area contributed by atoms with E-state index in [-0.39, 0.29) is 18.2 Å². The second kappa shape index (κ2) is 9.00. The minimum atomic E-state index is -0.414. The molecule has 0 atom stereocenters. The molecule has 0 fully saturated rings. The topological polar surface area (TPSA) is 59.2 Å². The van der Waals surface area contributed by atoms with Gasteiger partial charge in [-0.2, -0.15) is 4.98 Å². The van der Waals surface area contributed by atoms with E-state index in [1.165, 1.54) is 6.07 Å². The van der Waals surface area contributed by atoms with Crippen LogP contribution < -0.4 is 4.90 Å². The predicted molar refractivity (Wildman–Crippen MR) is 126 cm³/mol. The number of fused-ring (bicyclic) bond motifs is 2. The largest absolute Gasteiger partial charge is 0.339 e. The van der Waals surface area contributed by atoms with Crippen LogP contribution in [0.4, 0.5) is 10.1 Å². The van der Waals surface area contributed by atoms with Crippen molar-refractivity contribution in [3.8, 4) is 11.4 Å². The van der Waals surface area contributed by atoms with E-state index in [1.807, 2.05) is 54.3 Å². The molecule has 0 radical (unpaired) electrons. The van der Waals surface area contributed by atoms with Gasteiger partial charge >= 0.3 is 0 Å². The van der Waals surface area contributed by atoms with Gasteiger partial charge < -0.3 is 9.42 Å². The Hall–Kier alpha value is -3.16. The molecule has 4 aromatic rings. The van der Waals surface area contributed by atoms with Gasteiger partial charge in [-0.15, -0.1) is 0 Å². The summed E-state index contributed by atoms with van der Waals surface area (Å²) in [6.45, 7) is 2.67. The van der Waals surface area contributed by atoms with Crippen molar-refractivity contribution in [1.29, 1.82) is 0 Å². The minimum absolute atomic E-state index is 0.00457. The zero-order chi connectivity index (χ0) is 22.9. The van der Waals surface area contributed by atoms with Crippen LogP contribution in [0.5, 0.6) is 0 Å². The molecule has 1 aliphatic heterocycles. The Balaban J connectivity index is 1.50. The summed E-state index contributed by atoms with van der Waals surface area (Å²) in [6, 6.07) is 17.9. The van der Waals surface area contributed by atoms with Gasteiger partial charge in [0.05, 0.1) is 17.7 Å². The third-order valence-electron chi connectivity index (χ3n) is 5.40. The van der Waals surface area contributed by atoms with Gasteiger partial charge in [0.15, 0.2) is 0 Å². The summed E-state index contributed by atoms with van der Waals surface area (Å²) in [6.07, 6.45) is 0.941. The highest BCUT2D eigenvalue weighted by Gasteiger charge is 2.27. The maximum absolute atomic E-state index is 14.1. The zero-order valence-corrected chi connectivity index (χ0v) is 19.3. The van der Waals surface area contributed by atoms with E-state index >= 15 is 0 Å². The summed E-state index contributed by atoms with van der Waals surface area (Å²) in [7, 11) is 0. The van der Waals surface area contributed by atoms with Gasteiger partial charge in [-0.1, -0.05) is 53.6 Å². The van der Waals surface area contributed by atoms with Crippen LogP contribution in [-0.4, -0.2) is 22.6 Å². The highest BCUT2D eigenvalue weighted by Crippen LogP contribution is 2.43. The number of hydrogen-bond acceptors (Lipinski definition) is 5. The molecule has 0 saturated heterocycles. The molecule has 33 heavy (non-hydrogen) atoms. The smallest absolute Gasteiger partial charge is 0.259 e. The first-order valence-electron chi connectivity index (χ1n) is 10.5. The maximum Gasteiger partial charge on any atom is 0.259 e. The number of carbonyl (C=O) groups excluding carboxylic acids is 1. The average Bonchev–Trinajstić information content (AvgIpc) is 3.25. The van der Waals surface area contributed by atoms with Crippen molar-refractivity contribution in [1.82, 2.24) is 10.1 Å². The molecule has 0 unspecified atom stereocenters. The van der Waals surface area contributed by atoms with Gasteiger partial charge in [0.25, 0.3) is 5.91 Å². The monoisotopic (exact) mass is 479 g/mol. The SMILES string of the molecule is CCCN1C(=O)c2ccccc2Sc2cc(-c3noc(Cc4c(F)cccc4Cl)n3)ccc21. The lowest BCUT2D eigenvalue weighted by atomic mass is 10.1. The fraction of sp³-hybridized carbons (Fsp3) is 0.160. The Morgan fingerprint density at radius 1 is 1.09 bits per heavy atom. The van der Waals surface area contributed by atoms with Crippen LogP contribution in [0.2, 0.25) is 5.02 Å². The quantitative estimate of drug-likeness (QED) is 0.321. The van der Waals surface area contributed by atoms with Gasteiger partial charge in [-0.25, -0.2) is 4.39 Å². The Morgan fingerprint density at radius 2 is 1.94 bits per heavy atom. The van der Waals surface area contributed by atoms with Crippen LogP contribution in [0, 0.1) is 5.82 Å². The molecule has 0 bridgehead atoms. The van der Waals surface area contributed by atoms with Crippen molar-refractivity contribution in [3.05, 3.63) is 88.5 Å². The molecule has 3 aromatic carbocycles. The zero-order valence-electron chi connectivity index (χ0n) is 17.7. The summed E-state index contributed by atoms with van der Waals surface area (Å²) >= 11 is 7.67. The normalized spacial score (nSPS) is 12.9. The molecule has 5 rings (SSSR count). The number of carbonyl (C=O) groups is 1. The van der Waals surface area contributed by atoms with E-state index in [0.29, 0.717) is 28.5 Å². The second-order valence-electron chi connectivity index (χ2n) is 7.63. The molecule has 8 heteroatoms. The minimum Gasteiger partial charge on any atom is -0.339 e. The lowest BCUT2D eigenvalue weighted by Crippen LogP contribution is -2.31. The molecule has 1 aliphatic rings. The molecular weight excluding hydrogens is 461 g/mol. The fourth-order valence-electron chi connectivity index (χ4n) is 3.81. The maximum atomic E-state index is 14.1.